The maximum Gasteiger partial charge on any atom is 0.0702 e. The standard InChI is InChI=1S/C15H25N3O/c1-3-16-9-13-6-7-14(17-10-13)11-18(2)12-15-5-4-8-19-15/h6-7,10,15-16H,3-5,8-9,11-12H2,1-2H3. The van der Waals surface area contributed by atoms with E-state index in [1.54, 1.807) is 0 Å². The second-order valence-electron chi connectivity index (χ2n) is 5.27. The summed E-state index contributed by atoms with van der Waals surface area (Å²) in [5, 5.41) is 3.31. The van der Waals surface area contributed by atoms with Crippen LogP contribution in [0.4, 0.5) is 0 Å². The molecule has 4 heteroatoms. The van der Waals surface area contributed by atoms with Crippen LogP contribution in [-0.2, 0) is 17.8 Å². The predicted molar refractivity (Wildman–Crippen MR) is 76.9 cm³/mol. The summed E-state index contributed by atoms with van der Waals surface area (Å²) < 4.78 is 5.65. The van der Waals surface area contributed by atoms with Crippen LogP contribution in [0.1, 0.15) is 31.0 Å². The summed E-state index contributed by atoms with van der Waals surface area (Å²) in [4.78, 5) is 6.82. The van der Waals surface area contributed by atoms with E-state index in [1.807, 2.05) is 6.20 Å². The van der Waals surface area contributed by atoms with E-state index in [9.17, 15) is 0 Å². The van der Waals surface area contributed by atoms with Gasteiger partial charge in [-0.15, -0.1) is 0 Å². The van der Waals surface area contributed by atoms with Gasteiger partial charge in [0.15, 0.2) is 0 Å². The zero-order chi connectivity index (χ0) is 13.5. The normalized spacial score (nSPS) is 19.2. The molecule has 1 saturated heterocycles. The Morgan fingerprint density at radius 2 is 2.37 bits per heavy atom. The number of nitrogens with zero attached hydrogens (tertiary/aromatic N) is 2. The highest BCUT2D eigenvalue weighted by atomic mass is 16.5. The molecule has 2 rings (SSSR count). The third-order valence-electron chi connectivity index (χ3n) is 3.44. The molecule has 1 aliphatic rings. The Morgan fingerprint density at radius 3 is 3.00 bits per heavy atom. The number of aromatic nitrogens is 1. The van der Waals surface area contributed by atoms with Gasteiger partial charge in [0.25, 0.3) is 0 Å². The Kier molecular flexibility index (Phi) is 5.76. The van der Waals surface area contributed by atoms with Crippen molar-refractivity contribution in [3.8, 4) is 0 Å². The summed E-state index contributed by atoms with van der Waals surface area (Å²) in [5.74, 6) is 0. The second-order valence-corrected chi connectivity index (χ2v) is 5.27. The van der Waals surface area contributed by atoms with Gasteiger partial charge < -0.3 is 10.1 Å². The third kappa shape index (κ3) is 4.90. The molecule has 0 saturated carbocycles. The minimum Gasteiger partial charge on any atom is -0.377 e. The van der Waals surface area contributed by atoms with E-state index in [2.05, 4.69) is 41.3 Å². The maximum atomic E-state index is 5.65. The summed E-state index contributed by atoms with van der Waals surface area (Å²) in [6, 6.07) is 4.28. The van der Waals surface area contributed by atoms with Crippen molar-refractivity contribution in [3.63, 3.8) is 0 Å². The van der Waals surface area contributed by atoms with E-state index in [0.29, 0.717) is 6.10 Å². The highest BCUT2D eigenvalue weighted by Gasteiger charge is 2.17. The quantitative estimate of drug-likeness (QED) is 0.814. The largest absolute Gasteiger partial charge is 0.377 e. The summed E-state index contributed by atoms with van der Waals surface area (Å²) in [6.07, 6.45) is 4.78. The number of hydrogen-bond acceptors (Lipinski definition) is 4. The molecule has 1 aromatic rings. The molecule has 106 valence electrons. The van der Waals surface area contributed by atoms with E-state index in [4.69, 9.17) is 4.74 Å². The van der Waals surface area contributed by atoms with Crippen molar-refractivity contribution >= 4 is 0 Å². The van der Waals surface area contributed by atoms with E-state index in [0.717, 1.165) is 38.5 Å². The Labute approximate surface area is 116 Å². The highest BCUT2D eigenvalue weighted by Crippen LogP contribution is 2.13. The number of ether oxygens (including phenoxy) is 1. The lowest BCUT2D eigenvalue weighted by Crippen LogP contribution is -2.28. The van der Waals surface area contributed by atoms with Gasteiger partial charge in [-0.1, -0.05) is 13.0 Å². The van der Waals surface area contributed by atoms with Crippen molar-refractivity contribution in [1.82, 2.24) is 15.2 Å². The van der Waals surface area contributed by atoms with E-state index < -0.39 is 0 Å². The first-order valence-electron chi connectivity index (χ1n) is 7.22. The SMILES string of the molecule is CCNCc1ccc(CN(C)CC2CCCO2)nc1. The van der Waals surface area contributed by atoms with Gasteiger partial charge in [-0.3, -0.25) is 9.88 Å². The summed E-state index contributed by atoms with van der Waals surface area (Å²) >= 11 is 0. The molecular formula is C15H25N3O. The van der Waals surface area contributed by atoms with Crippen LogP contribution in [0.15, 0.2) is 18.3 Å². The molecule has 4 nitrogen and oxygen atoms in total. The Morgan fingerprint density at radius 1 is 1.47 bits per heavy atom. The smallest absolute Gasteiger partial charge is 0.0702 e. The lowest BCUT2D eigenvalue weighted by Gasteiger charge is -2.20. The fourth-order valence-corrected chi connectivity index (χ4v) is 2.40. The molecule has 0 aliphatic carbocycles. The molecule has 1 N–H and O–H groups in total. The van der Waals surface area contributed by atoms with Crippen LogP contribution in [-0.4, -0.2) is 42.7 Å². The van der Waals surface area contributed by atoms with Gasteiger partial charge in [-0.2, -0.15) is 0 Å². The first-order valence-corrected chi connectivity index (χ1v) is 7.22. The molecule has 1 fully saturated rings. The lowest BCUT2D eigenvalue weighted by molar-refractivity contribution is 0.0790. The predicted octanol–water partition coefficient (Wildman–Crippen LogP) is 1.80. The summed E-state index contributed by atoms with van der Waals surface area (Å²) in [5.41, 5.74) is 2.37. The van der Waals surface area contributed by atoms with Crippen molar-refractivity contribution < 1.29 is 4.74 Å². The molecule has 1 aromatic heterocycles. The Balaban J connectivity index is 1.77. The van der Waals surface area contributed by atoms with Crippen molar-refractivity contribution in [2.75, 3.05) is 26.7 Å². The molecule has 1 aliphatic heterocycles. The topological polar surface area (TPSA) is 37.4 Å². The minimum atomic E-state index is 0.415. The van der Waals surface area contributed by atoms with Gasteiger partial charge in [0.1, 0.15) is 0 Å². The van der Waals surface area contributed by atoms with Crippen LogP contribution >= 0.6 is 0 Å². The Bertz CT molecular complexity index is 360. The van der Waals surface area contributed by atoms with Gasteiger partial charge >= 0.3 is 0 Å². The van der Waals surface area contributed by atoms with E-state index in [1.165, 1.54) is 18.4 Å². The van der Waals surface area contributed by atoms with Gasteiger partial charge in [0.05, 0.1) is 11.8 Å². The average Bonchev–Trinajstić information content (AvgIpc) is 2.90. The van der Waals surface area contributed by atoms with Crippen molar-refractivity contribution in [2.45, 2.75) is 39.0 Å². The molecule has 0 amide bonds. The summed E-state index contributed by atoms with van der Waals surface area (Å²) in [6.45, 7) is 6.82. The van der Waals surface area contributed by atoms with Crippen LogP contribution in [0, 0.1) is 0 Å². The first-order chi connectivity index (χ1) is 9.28. The molecule has 2 heterocycles. The van der Waals surface area contributed by atoms with Gasteiger partial charge in [-0.05, 0) is 38.1 Å². The fourth-order valence-electron chi connectivity index (χ4n) is 2.40. The molecule has 19 heavy (non-hydrogen) atoms. The Hall–Kier alpha value is -0.970. The van der Waals surface area contributed by atoms with Crippen LogP contribution in [0.3, 0.4) is 0 Å². The number of hydrogen-bond donors (Lipinski definition) is 1. The van der Waals surface area contributed by atoms with Gasteiger partial charge in [-0.25, -0.2) is 0 Å². The zero-order valence-electron chi connectivity index (χ0n) is 12.1. The monoisotopic (exact) mass is 263 g/mol. The highest BCUT2D eigenvalue weighted by molar-refractivity contribution is 5.13. The van der Waals surface area contributed by atoms with Crippen LogP contribution in [0.5, 0.6) is 0 Å². The zero-order valence-corrected chi connectivity index (χ0v) is 12.1. The van der Waals surface area contributed by atoms with E-state index >= 15 is 0 Å². The average molecular weight is 263 g/mol. The first kappa shape index (κ1) is 14.4. The fraction of sp³-hybridized carbons (Fsp3) is 0.667. The molecule has 0 bridgehead atoms. The number of pyridine rings is 1. The van der Waals surface area contributed by atoms with Crippen molar-refractivity contribution in [2.24, 2.45) is 0 Å². The third-order valence-corrected chi connectivity index (χ3v) is 3.44. The molecule has 1 unspecified atom stereocenters. The van der Waals surface area contributed by atoms with Gasteiger partial charge in [0, 0.05) is 32.4 Å². The van der Waals surface area contributed by atoms with Crippen LogP contribution < -0.4 is 5.32 Å². The number of likely N-dealkylation sites (N-methyl/N-ethyl adjacent to an activating group) is 1. The van der Waals surface area contributed by atoms with E-state index in [-0.39, 0.29) is 0 Å². The number of rotatable bonds is 7. The lowest BCUT2D eigenvalue weighted by atomic mass is 10.2. The van der Waals surface area contributed by atoms with Crippen LogP contribution in [0.25, 0.3) is 0 Å². The second kappa shape index (κ2) is 7.58. The minimum absolute atomic E-state index is 0.415. The molecule has 0 radical (unpaired) electrons. The van der Waals surface area contributed by atoms with Crippen molar-refractivity contribution in [1.29, 1.82) is 0 Å². The molecule has 0 aromatic carbocycles. The number of nitrogens with one attached hydrogen (secondary N) is 1. The van der Waals surface area contributed by atoms with Crippen molar-refractivity contribution in [3.05, 3.63) is 29.6 Å². The summed E-state index contributed by atoms with van der Waals surface area (Å²) in [7, 11) is 2.13. The van der Waals surface area contributed by atoms with Crippen LogP contribution in [0.2, 0.25) is 0 Å². The maximum absolute atomic E-state index is 5.65. The van der Waals surface area contributed by atoms with Gasteiger partial charge in [0.2, 0.25) is 0 Å². The molecular weight excluding hydrogens is 238 g/mol. The molecule has 1 atom stereocenters. The molecule has 0 spiro atoms.